The van der Waals surface area contributed by atoms with Crippen molar-refractivity contribution in [3.8, 4) is 5.75 Å². The molecule has 1 atom stereocenters. The molecule has 28 heavy (non-hydrogen) atoms. The SMILES string of the molecule is O=C(COc1ccccc1)NC[C@@H](c1cccs1)S(=O)(=O)c1ccc(F)cc1. The second-order valence-electron chi connectivity index (χ2n) is 5.91. The van der Waals surface area contributed by atoms with Gasteiger partial charge in [-0.2, -0.15) is 0 Å². The molecule has 1 N–H and O–H groups in total. The summed E-state index contributed by atoms with van der Waals surface area (Å²) in [7, 11) is -3.82. The predicted molar refractivity (Wildman–Crippen MR) is 106 cm³/mol. The first-order valence-corrected chi connectivity index (χ1v) is 10.9. The van der Waals surface area contributed by atoms with E-state index in [-0.39, 0.29) is 18.0 Å². The van der Waals surface area contributed by atoms with Gasteiger partial charge >= 0.3 is 0 Å². The molecule has 1 heterocycles. The van der Waals surface area contributed by atoms with E-state index < -0.39 is 26.8 Å². The van der Waals surface area contributed by atoms with E-state index in [4.69, 9.17) is 4.74 Å². The summed E-state index contributed by atoms with van der Waals surface area (Å²) < 4.78 is 44.6. The average Bonchev–Trinajstić information content (AvgIpc) is 3.22. The summed E-state index contributed by atoms with van der Waals surface area (Å²) in [6.07, 6.45) is 0. The molecule has 0 unspecified atom stereocenters. The lowest BCUT2D eigenvalue weighted by atomic mass is 10.3. The number of benzene rings is 2. The van der Waals surface area contributed by atoms with E-state index in [9.17, 15) is 17.6 Å². The number of halogens is 1. The minimum Gasteiger partial charge on any atom is -0.484 e. The molecule has 0 saturated carbocycles. The van der Waals surface area contributed by atoms with Crippen LogP contribution in [0.2, 0.25) is 0 Å². The quantitative estimate of drug-likeness (QED) is 0.567. The Kier molecular flexibility index (Phi) is 6.43. The van der Waals surface area contributed by atoms with Crippen LogP contribution in [0, 0.1) is 5.82 Å². The van der Waals surface area contributed by atoms with Crippen molar-refractivity contribution in [1.29, 1.82) is 0 Å². The highest BCUT2D eigenvalue weighted by Crippen LogP contribution is 2.31. The molecule has 0 aliphatic carbocycles. The summed E-state index contributed by atoms with van der Waals surface area (Å²) in [6, 6.07) is 17.0. The van der Waals surface area contributed by atoms with Crippen molar-refractivity contribution in [2.75, 3.05) is 13.2 Å². The third-order valence-corrected chi connectivity index (χ3v) is 7.21. The molecule has 0 spiro atoms. The van der Waals surface area contributed by atoms with Crippen LogP contribution in [0.5, 0.6) is 5.75 Å². The number of rotatable bonds is 8. The van der Waals surface area contributed by atoms with Crippen molar-refractivity contribution in [2.45, 2.75) is 10.1 Å². The summed E-state index contributed by atoms with van der Waals surface area (Å²) in [5, 5.41) is 3.41. The molecule has 2 aromatic carbocycles. The first-order chi connectivity index (χ1) is 13.5. The molecular formula is C20H18FNO4S2. The maximum atomic E-state index is 13.2. The summed E-state index contributed by atoms with van der Waals surface area (Å²) in [5.41, 5.74) is 0. The van der Waals surface area contributed by atoms with Gasteiger partial charge in [0.1, 0.15) is 16.8 Å². The highest BCUT2D eigenvalue weighted by molar-refractivity contribution is 7.91. The average molecular weight is 419 g/mol. The van der Waals surface area contributed by atoms with E-state index in [1.54, 1.807) is 41.8 Å². The van der Waals surface area contributed by atoms with Gasteiger partial charge in [0.15, 0.2) is 16.4 Å². The van der Waals surface area contributed by atoms with Crippen LogP contribution >= 0.6 is 11.3 Å². The van der Waals surface area contributed by atoms with Crippen LogP contribution in [-0.4, -0.2) is 27.5 Å². The van der Waals surface area contributed by atoms with Gasteiger partial charge in [0, 0.05) is 11.4 Å². The number of hydrogen-bond donors (Lipinski definition) is 1. The van der Waals surface area contributed by atoms with Crippen LogP contribution in [0.4, 0.5) is 4.39 Å². The second kappa shape index (κ2) is 8.99. The third kappa shape index (κ3) is 4.96. The fourth-order valence-corrected chi connectivity index (χ4v) is 5.33. The number of carbonyl (C=O) groups is 1. The van der Waals surface area contributed by atoms with Gasteiger partial charge in [0.2, 0.25) is 0 Å². The largest absolute Gasteiger partial charge is 0.484 e. The van der Waals surface area contributed by atoms with Crippen LogP contribution in [0.15, 0.2) is 77.0 Å². The lowest BCUT2D eigenvalue weighted by molar-refractivity contribution is -0.123. The van der Waals surface area contributed by atoms with Crippen molar-refractivity contribution >= 4 is 27.1 Å². The number of amides is 1. The second-order valence-corrected chi connectivity index (χ2v) is 9.02. The van der Waals surface area contributed by atoms with E-state index >= 15 is 0 Å². The van der Waals surface area contributed by atoms with Gasteiger partial charge in [0.25, 0.3) is 5.91 Å². The summed E-state index contributed by atoms with van der Waals surface area (Å²) in [4.78, 5) is 12.7. The van der Waals surface area contributed by atoms with Crippen molar-refractivity contribution in [3.63, 3.8) is 0 Å². The topological polar surface area (TPSA) is 72.5 Å². The number of nitrogens with one attached hydrogen (secondary N) is 1. The van der Waals surface area contributed by atoms with Crippen LogP contribution in [-0.2, 0) is 14.6 Å². The fraction of sp³-hybridized carbons (Fsp3) is 0.150. The minimum absolute atomic E-state index is 0.00193. The van der Waals surface area contributed by atoms with Gasteiger partial charge in [-0.25, -0.2) is 12.8 Å². The van der Waals surface area contributed by atoms with Crippen LogP contribution in [0.1, 0.15) is 10.1 Å². The standard InChI is InChI=1S/C20H18FNO4S2/c21-15-8-10-17(11-9-15)28(24,25)19(18-7-4-12-27-18)13-22-20(23)14-26-16-5-2-1-3-6-16/h1-12,19H,13-14H2,(H,22,23)/t19-/m0/s1. The number of thiophene rings is 1. The third-order valence-electron chi connectivity index (χ3n) is 3.98. The van der Waals surface area contributed by atoms with Crippen LogP contribution < -0.4 is 10.1 Å². The number of carbonyl (C=O) groups excluding carboxylic acids is 1. The van der Waals surface area contributed by atoms with E-state index in [0.717, 1.165) is 12.1 Å². The van der Waals surface area contributed by atoms with E-state index in [0.29, 0.717) is 10.6 Å². The zero-order valence-electron chi connectivity index (χ0n) is 14.7. The Morgan fingerprint density at radius 3 is 2.39 bits per heavy atom. The molecule has 8 heteroatoms. The molecular weight excluding hydrogens is 401 g/mol. The number of ether oxygens (including phenoxy) is 1. The molecule has 0 fully saturated rings. The Hall–Kier alpha value is -2.71. The normalized spacial score (nSPS) is 12.3. The zero-order valence-corrected chi connectivity index (χ0v) is 16.4. The molecule has 0 aliphatic heterocycles. The van der Waals surface area contributed by atoms with Crippen molar-refractivity contribution in [2.24, 2.45) is 0 Å². The Balaban J connectivity index is 1.71. The van der Waals surface area contributed by atoms with Gasteiger partial charge in [-0.15, -0.1) is 11.3 Å². The first kappa shape index (κ1) is 20.0. The van der Waals surface area contributed by atoms with Gasteiger partial charge in [0.05, 0.1) is 4.90 Å². The van der Waals surface area contributed by atoms with Gasteiger partial charge in [-0.3, -0.25) is 4.79 Å². The zero-order chi connectivity index (χ0) is 20.0. The monoisotopic (exact) mass is 419 g/mol. The van der Waals surface area contributed by atoms with Crippen molar-refractivity contribution in [1.82, 2.24) is 5.32 Å². The van der Waals surface area contributed by atoms with E-state index in [1.165, 1.54) is 23.5 Å². The highest BCUT2D eigenvalue weighted by atomic mass is 32.2. The molecule has 0 radical (unpaired) electrons. The lowest BCUT2D eigenvalue weighted by Crippen LogP contribution is -2.34. The number of para-hydroxylation sites is 1. The Morgan fingerprint density at radius 2 is 1.75 bits per heavy atom. The Bertz CT molecular complexity index is 1000. The molecule has 0 aliphatic rings. The van der Waals surface area contributed by atoms with Crippen LogP contribution in [0.25, 0.3) is 0 Å². The van der Waals surface area contributed by atoms with E-state index in [1.807, 2.05) is 6.07 Å². The van der Waals surface area contributed by atoms with Crippen LogP contribution in [0.3, 0.4) is 0 Å². The minimum atomic E-state index is -3.82. The van der Waals surface area contributed by atoms with Crippen molar-refractivity contribution in [3.05, 3.63) is 82.8 Å². The molecule has 1 aromatic heterocycles. The summed E-state index contributed by atoms with van der Waals surface area (Å²) in [5.74, 6) is -0.399. The van der Waals surface area contributed by atoms with Gasteiger partial charge in [-0.05, 0) is 47.8 Å². The summed E-state index contributed by atoms with van der Waals surface area (Å²) >= 11 is 1.28. The highest BCUT2D eigenvalue weighted by Gasteiger charge is 2.30. The fourth-order valence-electron chi connectivity index (χ4n) is 2.55. The maximum Gasteiger partial charge on any atom is 0.257 e. The van der Waals surface area contributed by atoms with E-state index in [2.05, 4.69) is 5.32 Å². The first-order valence-electron chi connectivity index (χ1n) is 8.44. The van der Waals surface area contributed by atoms with Gasteiger partial charge < -0.3 is 10.1 Å². The maximum absolute atomic E-state index is 13.2. The lowest BCUT2D eigenvalue weighted by Gasteiger charge is -2.17. The number of hydrogen-bond acceptors (Lipinski definition) is 5. The van der Waals surface area contributed by atoms with Gasteiger partial charge in [-0.1, -0.05) is 24.3 Å². The Morgan fingerprint density at radius 1 is 1.04 bits per heavy atom. The molecule has 3 rings (SSSR count). The van der Waals surface area contributed by atoms with Crippen molar-refractivity contribution < 1.29 is 22.3 Å². The molecule has 0 bridgehead atoms. The molecule has 1 amide bonds. The molecule has 5 nitrogen and oxygen atoms in total. The molecule has 146 valence electrons. The predicted octanol–water partition coefficient (Wildman–Crippen LogP) is 3.60. The summed E-state index contributed by atoms with van der Waals surface area (Å²) in [6.45, 7) is -0.338. The smallest absolute Gasteiger partial charge is 0.257 e. The number of sulfone groups is 1. The molecule has 0 saturated heterocycles. The molecule has 3 aromatic rings. The Labute approximate surface area is 166 Å².